The Bertz CT molecular complexity index is 794. The molecule has 0 saturated carbocycles. The van der Waals surface area contributed by atoms with Gasteiger partial charge >= 0.3 is 5.69 Å². The summed E-state index contributed by atoms with van der Waals surface area (Å²) in [4.78, 5) is 23.0. The molecule has 26 heavy (non-hydrogen) atoms. The number of nitrogens with one attached hydrogen (secondary N) is 1. The standard InChI is InChI=1S/C16H20FN7O2/c1-21(2)20-15-14(24(25)26)16(19-11-18-15)23-9-7-22(8-10-23)13-6-4-3-5-12(13)17/h3-6,11H,7-10H2,1-2H3,(H,18,19,20). The molecule has 10 heteroatoms. The van der Waals surface area contributed by atoms with Crippen molar-refractivity contribution in [3.8, 4) is 0 Å². The fourth-order valence-corrected chi connectivity index (χ4v) is 2.93. The van der Waals surface area contributed by atoms with E-state index in [2.05, 4.69) is 15.4 Å². The molecule has 0 amide bonds. The van der Waals surface area contributed by atoms with E-state index in [9.17, 15) is 14.5 Å². The number of nitrogens with zero attached hydrogens (tertiary/aromatic N) is 6. The van der Waals surface area contributed by atoms with Gasteiger partial charge in [-0.1, -0.05) is 12.1 Å². The van der Waals surface area contributed by atoms with Crippen molar-refractivity contribution in [1.82, 2.24) is 15.0 Å². The molecule has 0 bridgehead atoms. The maximum Gasteiger partial charge on any atom is 0.354 e. The molecule has 138 valence electrons. The predicted molar refractivity (Wildman–Crippen MR) is 96.8 cm³/mol. The second-order valence-electron chi connectivity index (χ2n) is 6.08. The largest absolute Gasteiger partial charge is 0.366 e. The lowest BCUT2D eigenvalue weighted by Crippen LogP contribution is -2.47. The number of piperazine rings is 1. The molecule has 9 nitrogen and oxygen atoms in total. The van der Waals surface area contributed by atoms with Gasteiger partial charge in [-0.05, 0) is 12.1 Å². The van der Waals surface area contributed by atoms with E-state index in [1.807, 2.05) is 9.80 Å². The van der Waals surface area contributed by atoms with E-state index in [0.717, 1.165) is 0 Å². The summed E-state index contributed by atoms with van der Waals surface area (Å²) in [7, 11) is 3.44. The molecule has 1 aromatic heterocycles. The minimum Gasteiger partial charge on any atom is -0.366 e. The molecule has 1 saturated heterocycles. The van der Waals surface area contributed by atoms with Crippen molar-refractivity contribution >= 4 is 23.0 Å². The normalized spacial score (nSPS) is 14.6. The Kier molecular flexibility index (Phi) is 5.12. The second kappa shape index (κ2) is 7.48. The number of benzene rings is 1. The summed E-state index contributed by atoms with van der Waals surface area (Å²) in [6, 6.07) is 6.60. The Balaban J connectivity index is 1.81. The minimum atomic E-state index is -0.482. The quantitative estimate of drug-likeness (QED) is 0.636. The fraction of sp³-hybridized carbons (Fsp3) is 0.375. The molecule has 0 spiro atoms. The third-order valence-electron chi connectivity index (χ3n) is 4.09. The van der Waals surface area contributed by atoms with Crippen LogP contribution in [0.25, 0.3) is 0 Å². The Labute approximate surface area is 150 Å². The summed E-state index contributed by atoms with van der Waals surface area (Å²) in [6.07, 6.45) is 1.30. The first-order valence-corrected chi connectivity index (χ1v) is 8.15. The zero-order valence-electron chi connectivity index (χ0n) is 14.6. The van der Waals surface area contributed by atoms with Crippen molar-refractivity contribution in [2.45, 2.75) is 0 Å². The summed E-state index contributed by atoms with van der Waals surface area (Å²) in [5, 5.41) is 13.2. The van der Waals surface area contributed by atoms with Crippen LogP contribution in [0.5, 0.6) is 0 Å². The lowest BCUT2D eigenvalue weighted by Gasteiger charge is -2.36. The van der Waals surface area contributed by atoms with E-state index in [4.69, 9.17) is 0 Å². The average molecular weight is 361 g/mol. The van der Waals surface area contributed by atoms with Gasteiger partial charge < -0.3 is 9.80 Å². The Morgan fingerprint density at radius 2 is 1.81 bits per heavy atom. The van der Waals surface area contributed by atoms with Crippen molar-refractivity contribution in [2.24, 2.45) is 0 Å². The van der Waals surface area contributed by atoms with E-state index >= 15 is 0 Å². The molecule has 0 radical (unpaired) electrons. The second-order valence-corrected chi connectivity index (χ2v) is 6.08. The minimum absolute atomic E-state index is 0.140. The number of hydrogen-bond donors (Lipinski definition) is 1. The number of nitro groups is 1. The van der Waals surface area contributed by atoms with Crippen LogP contribution in [-0.2, 0) is 0 Å². The molecule has 3 rings (SSSR count). The van der Waals surface area contributed by atoms with Crippen LogP contribution in [0.3, 0.4) is 0 Å². The van der Waals surface area contributed by atoms with E-state index in [1.54, 1.807) is 37.3 Å². The highest BCUT2D eigenvalue weighted by Gasteiger charge is 2.30. The number of para-hydroxylation sites is 1. The van der Waals surface area contributed by atoms with Crippen LogP contribution in [-0.4, -0.2) is 60.2 Å². The molecule has 1 fully saturated rings. The van der Waals surface area contributed by atoms with Gasteiger partial charge in [0.25, 0.3) is 0 Å². The van der Waals surface area contributed by atoms with E-state index < -0.39 is 4.92 Å². The predicted octanol–water partition coefficient (Wildman–Crippen LogP) is 1.74. The molecule has 1 aliphatic heterocycles. The van der Waals surface area contributed by atoms with Gasteiger partial charge in [0, 0.05) is 40.3 Å². The molecular weight excluding hydrogens is 341 g/mol. The van der Waals surface area contributed by atoms with Gasteiger partial charge in [0.1, 0.15) is 12.1 Å². The number of halogens is 1. The topological polar surface area (TPSA) is 90.7 Å². The number of rotatable bonds is 5. The Morgan fingerprint density at radius 3 is 2.42 bits per heavy atom. The first-order valence-electron chi connectivity index (χ1n) is 8.15. The molecular formula is C16H20FN7O2. The molecule has 1 aliphatic rings. The zero-order valence-corrected chi connectivity index (χ0v) is 14.6. The van der Waals surface area contributed by atoms with Crippen molar-refractivity contribution in [3.63, 3.8) is 0 Å². The van der Waals surface area contributed by atoms with Crippen LogP contribution in [0.15, 0.2) is 30.6 Å². The van der Waals surface area contributed by atoms with E-state index in [0.29, 0.717) is 31.9 Å². The van der Waals surface area contributed by atoms with Gasteiger partial charge in [-0.2, -0.15) is 0 Å². The highest BCUT2D eigenvalue weighted by atomic mass is 19.1. The zero-order chi connectivity index (χ0) is 18.7. The molecule has 2 heterocycles. The molecule has 0 unspecified atom stereocenters. The van der Waals surface area contributed by atoms with Crippen molar-refractivity contribution < 1.29 is 9.31 Å². The number of anilines is 3. The number of hydrogen-bond acceptors (Lipinski definition) is 8. The molecule has 1 aromatic carbocycles. The van der Waals surface area contributed by atoms with Gasteiger partial charge in [0.2, 0.25) is 11.6 Å². The molecule has 0 atom stereocenters. The van der Waals surface area contributed by atoms with Crippen molar-refractivity contribution in [1.29, 1.82) is 0 Å². The van der Waals surface area contributed by atoms with Gasteiger partial charge in [-0.3, -0.25) is 15.5 Å². The van der Waals surface area contributed by atoms with Crippen LogP contribution in [0.2, 0.25) is 0 Å². The van der Waals surface area contributed by atoms with Gasteiger partial charge in [-0.15, -0.1) is 0 Å². The SMILES string of the molecule is CN(C)Nc1ncnc(N2CCN(c3ccccc3F)CC2)c1[N+](=O)[O-]. The Hall–Kier alpha value is -3.01. The van der Waals surface area contributed by atoms with Crippen LogP contribution < -0.4 is 15.2 Å². The summed E-state index contributed by atoms with van der Waals surface area (Å²) >= 11 is 0. The Morgan fingerprint density at radius 1 is 1.15 bits per heavy atom. The highest BCUT2D eigenvalue weighted by molar-refractivity contribution is 5.70. The van der Waals surface area contributed by atoms with Crippen LogP contribution in [0.4, 0.5) is 27.4 Å². The third kappa shape index (κ3) is 3.64. The van der Waals surface area contributed by atoms with E-state index in [-0.39, 0.29) is 23.1 Å². The monoisotopic (exact) mass is 361 g/mol. The maximum absolute atomic E-state index is 14.0. The summed E-state index contributed by atoms with van der Waals surface area (Å²) in [6.45, 7) is 2.07. The van der Waals surface area contributed by atoms with Crippen LogP contribution in [0.1, 0.15) is 0 Å². The van der Waals surface area contributed by atoms with Crippen LogP contribution >= 0.6 is 0 Å². The molecule has 2 aromatic rings. The smallest absolute Gasteiger partial charge is 0.354 e. The van der Waals surface area contributed by atoms with Gasteiger partial charge in [0.15, 0.2) is 0 Å². The molecule has 1 N–H and O–H groups in total. The summed E-state index contributed by atoms with van der Waals surface area (Å²) < 4.78 is 14.0. The van der Waals surface area contributed by atoms with E-state index in [1.165, 1.54) is 12.4 Å². The third-order valence-corrected chi connectivity index (χ3v) is 4.09. The average Bonchev–Trinajstić information content (AvgIpc) is 2.61. The lowest BCUT2D eigenvalue weighted by molar-refractivity contribution is -0.383. The molecule has 0 aliphatic carbocycles. The summed E-state index contributed by atoms with van der Waals surface area (Å²) in [5.74, 6) is 0.135. The van der Waals surface area contributed by atoms with Gasteiger partial charge in [-0.25, -0.2) is 19.4 Å². The fourth-order valence-electron chi connectivity index (χ4n) is 2.93. The number of hydrazine groups is 1. The summed E-state index contributed by atoms with van der Waals surface area (Å²) in [5.41, 5.74) is 3.21. The highest BCUT2D eigenvalue weighted by Crippen LogP contribution is 2.33. The van der Waals surface area contributed by atoms with Crippen LogP contribution in [0, 0.1) is 15.9 Å². The van der Waals surface area contributed by atoms with Crippen molar-refractivity contribution in [3.05, 3.63) is 46.5 Å². The van der Waals surface area contributed by atoms with Crippen molar-refractivity contribution in [2.75, 3.05) is 55.5 Å². The first kappa shape index (κ1) is 17.8. The maximum atomic E-state index is 14.0. The van der Waals surface area contributed by atoms with Gasteiger partial charge in [0.05, 0.1) is 10.6 Å². The lowest BCUT2D eigenvalue weighted by atomic mass is 10.2. The number of aromatic nitrogens is 2. The first-order chi connectivity index (χ1) is 12.5.